The summed E-state index contributed by atoms with van der Waals surface area (Å²) in [5.74, 6) is 1.40. The van der Waals surface area contributed by atoms with Crippen LogP contribution in [0, 0.1) is 0 Å². The fraction of sp³-hybridized carbons (Fsp3) is 0.364. The first-order valence-corrected chi connectivity index (χ1v) is 5.23. The summed E-state index contributed by atoms with van der Waals surface area (Å²) in [7, 11) is 0. The minimum Gasteiger partial charge on any atom is -0.467 e. The Bertz CT molecular complexity index is 409. The number of ether oxygens (including phenoxy) is 1. The fourth-order valence-corrected chi connectivity index (χ4v) is 1.40. The van der Waals surface area contributed by atoms with E-state index in [1.165, 1.54) is 0 Å². The summed E-state index contributed by atoms with van der Waals surface area (Å²) in [5, 5.41) is 4.08. The largest absolute Gasteiger partial charge is 0.467 e. The number of hydrogen-bond acceptors (Lipinski definition) is 4. The zero-order valence-electron chi connectivity index (χ0n) is 9.00. The minimum atomic E-state index is 0.522. The Hall–Kier alpha value is -1.75. The number of nitrogen functional groups attached to an aromatic ring is 1. The van der Waals surface area contributed by atoms with E-state index in [4.69, 9.17) is 14.9 Å². The zero-order chi connectivity index (χ0) is 11.2. The molecule has 2 aromatic heterocycles. The van der Waals surface area contributed by atoms with Crippen LogP contribution in [-0.4, -0.2) is 16.4 Å². The molecule has 0 spiro atoms. The molecule has 0 radical (unpaired) electrons. The Morgan fingerprint density at radius 3 is 3.06 bits per heavy atom. The molecule has 0 saturated heterocycles. The predicted octanol–water partition coefficient (Wildman–Crippen LogP) is 1.67. The normalized spacial score (nSPS) is 10.8. The molecule has 0 aliphatic rings. The molecule has 0 aliphatic carbocycles. The van der Waals surface area contributed by atoms with Crippen molar-refractivity contribution < 1.29 is 9.15 Å². The third kappa shape index (κ3) is 3.13. The highest BCUT2D eigenvalue weighted by Gasteiger charge is 1.97. The van der Waals surface area contributed by atoms with Gasteiger partial charge in [0.2, 0.25) is 0 Å². The molecule has 86 valence electrons. The van der Waals surface area contributed by atoms with Gasteiger partial charge in [0, 0.05) is 19.3 Å². The molecular formula is C11H15N3O2. The van der Waals surface area contributed by atoms with Crippen LogP contribution in [0.15, 0.2) is 35.1 Å². The minimum absolute atomic E-state index is 0.522. The maximum Gasteiger partial charge on any atom is 0.145 e. The molecular weight excluding hydrogens is 206 g/mol. The van der Waals surface area contributed by atoms with Crippen LogP contribution in [0.2, 0.25) is 0 Å². The highest BCUT2D eigenvalue weighted by atomic mass is 16.5. The van der Waals surface area contributed by atoms with Crippen LogP contribution < -0.4 is 5.73 Å². The zero-order valence-corrected chi connectivity index (χ0v) is 9.00. The first-order chi connectivity index (χ1) is 7.84. The van der Waals surface area contributed by atoms with E-state index in [0.717, 1.165) is 18.7 Å². The van der Waals surface area contributed by atoms with Crippen LogP contribution in [-0.2, 0) is 17.9 Å². The lowest BCUT2D eigenvalue weighted by Crippen LogP contribution is -2.03. The Balaban J connectivity index is 1.59. The number of nitrogens with zero attached hydrogens (tertiary/aromatic N) is 2. The summed E-state index contributed by atoms with van der Waals surface area (Å²) in [6, 6.07) is 5.53. The maximum atomic E-state index is 5.50. The van der Waals surface area contributed by atoms with Crippen molar-refractivity contribution >= 4 is 5.82 Å². The summed E-state index contributed by atoms with van der Waals surface area (Å²) >= 11 is 0. The van der Waals surface area contributed by atoms with Crippen molar-refractivity contribution in [1.29, 1.82) is 0 Å². The average molecular weight is 221 g/mol. The summed E-state index contributed by atoms with van der Waals surface area (Å²) < 4.78 is 12.4. The first kappa shape index (κ1) is 10.8. The van der Waals surface area contributed by atoms with E-state index in [-0.39, 0.29) is 0 Å². The summed E-state index contributed by atoms with van der Waals surface area (Å²) in [4.78, 5) is 0. The summed E-state index contributed by atoms with van der Waals surface area (Å²) in [5.41, 5.74) is 5.50. The van der Waals surface area contributed by atoms with Gasteiger partial charge in [0.25, 0.3) is 0 Å². The van der Waals surface area contributed by atoms with Crippen molar-refractivity contribution in [2.75, 3.05) is 12.3 Å². The van der Waals surface area contributed by atoms with Gasteiger partial charge in [-0.15, -0.1) is 0 Å². The maximum absolute atomic E-state index is 5.50. The van der Waals surface area contributed by atoms with Crippen LogP contribution in [0.5, 0.6) is 0 Å². The number of hydrogen-bond donors (Lipinski definition) is 1. The van der Waals surface area contributed by atoms with Crippen LogP contribution in [0.4, 0.5) is 5.82 Å². The fourth-order valence-electron chi connectivity index (χ4n) is 1.40. The van der Waals surface area contributed by atoms with E-state index in [1.54, 1.807) is 12.3 Å². The lowest BCUT2D eigenvalue weighted by Gasteiger charge is -2.02. The third-order valence-electron chi connectivity index (χ3n) is 2.16. The third-order valence-corrected chi connectivity index (χ3v) is 2.16. The molecule has 0 fully saturated rings. The Labute approximate surface area is 93.8 Å². The molecule has 0 aromatic carbocycles. The molecule has 0 amide bonds. The number of aromatic nitrogens is 2. The van der Waals surface area contributed by atoms with Gasteiger partial charge in [-0.05, 0) is 24.6 Å². The van der Waals surface area contributed by atoms with Gasteiger partial charge in [-0.1, -0.05) is 0 Å². The van der Waals surface area contributed by atoms with E-state index in [0.29, 0.717) is 19.0 Å². The molecule has 0 bridgehead atoms. The van der Waals surface area contributed by atoms with E-state index >= 15 is 0 Å². The number of aryl methyl sites for hydroxylation is 1. The van der Waals surface area contributed by atoms with Crippen molar-refractivity contribution in [3.8, 4) is 0 Å². The number of anilines is 1. The van der Waals surface area contributed by atoms with Crippen molar-refractivity contribution in [2.45, 2.75) is 19.6 Å². The van der Waals surface area contributed by atoms with Gasteiger partial charge in [-0.2, -0.15) is 5.10 Å². The smallest absolute Gasteiger partial charge is 0.145 e. The summed E-state index contributed by atoms with van der Waals surface area (Å²) in [6.45, 7) is 2.02. The quantitative estimate of drug-likeness (QED) is 0.753. The molecule has 2 heterocycles. The lowest BCUT2D eigenvalue weighted by molar-refractivity contribution is 0.101. The van der Waals surface area contributed by atoms with Gasteiger partial charge < -0.3 is 14.9 Å². The predicted molar refractivity (Wildman–Crippen MR) is 59.6 cm³/mol. The number of rotatable bonds is 6. The topological polar surface area (TPSA) is 66.2 Å². The van der Waals surface area contributed by atoms with Crippen molar-refractivity contribution in [2.24, 2.45) is 0 Å². The molecule has 2 N–H and O–H groups in total. The van der Waals surface area contributed by atoms with Gasteiger partial charge >= 0.3 is 0 Å². The van der Waals surface area contributed by atoms with Crippen molar-refractivity contribution in [3.05, 3.63) is 36.4 Å². The Kier molecular flexibility index (Phi) is 3.61. The van der Waals surface area contributed by atoms with E-state index in [9.17, 15) is 0 Å². The molecule has 5 nitrogen and oxygen atoms in total. The van der Waals surface area contributed by atoms with Gasteiger partial charge in [-0.3, -0.25) is 4.68 Å². The average Bonchev–Trinajstić information content (AvgIpc) is 2.89. The molecule has 0 saturated carbocycles. The number of furan rings is 1. The van der Waals surface area contributed by atoms with Crippen LogP contribution in [0.1, 0.15) is 12.2 Å². The molecule has 2 aromatic rings. The Morgan fingerprint density at radius 2 is 2.38 bits per heavy atom. The van der Waals surface area contributed by atoms with Crippen LogP contribution in [0.3, 0.4) is 0 Å². The highest BCUT2D eigenvalue weighted by Crippen LogP contribution is 2.02. The second-order valence-corrected chi connectivity index (χ2v) is 3.49. The molecule has 5 heteroatoms. The lowest BCUT2D eigenvalue weighted by atomic mass is 10.4. The van der Waals surface area contributed by atoms with Crippen LogP contribution >= 0.6 is 0 Å². The van der Waals surface area contributed by atoms with E-state index in [1.807, 2.05) is 23.0 Å². The monoisotopic (exact) mass is 221 g/mol. The standard InChI is InChI=1S/C11H15N3O2/c12-11-4-6-14(13-11)5-2-7-15-9-10-3-1-8-16-10/h1,3-4,6,8H,2,5,7,9H2,(H2,12,13). The molecule has 2 rings (SSSR count). The SMILES string of the molecule is Nc1ccn(CCCOCc2ccco2)n1. The second-order valence-electron chi connectivity index (χ2n) is 3.49. The number of nitrogens with two attached hydrogens (primary N) is 1. The van der Waals surface area contributed by atoms with Gasteiger partial charge in [0.1, 0.15) is 18.2 Å². The first-order valence-electron chi connectivity index (χ1n) is 5.23. The highest BCUT2D eigenvalue weighted by molar-refractivity contribution is 5.23. The van der Waals surface area contributed by atoms with Gasteiger partial charge in [0.15, 0.2) is 0 Å². The van der Waals surface area contributed by atoms with Gasteiger partial charge in [-0.25, -0.2) is 0 Å². The van der Waals surface area contributed by atoms with E-state index < -0.39 is 0 Å². The molecule has 16 heavy (non-hydrogen) atoms. The molecule has 0 unspecified atom stereocenters. The van der Waals surface area contributed by atoms with E-state index in [2.05, 4.69) is 5.10 Å². The second kappa shape index (κ2) is 5.37. The molecule has 0 aliphatic heterocycles. The van der Waals surface area contributed by atoms with Gasteiger partial charge in [0.05, 0.1) is 6.26 Å². The van der Waals surface area contributed by atoms with Crippen LogP contribution in [0.25, 0.3) is 0 Å². The van der Waals surface area contributed by atoms with Crippen molar-refractivity contribution in [1.82, 2.24) is 9.78 Å². The Morgan fingerprint density at radius 1 is 1.44 bits per heavy atom. The molecule has 0 atom stereocenters. The van der Waals surface area contributed by atoms with Crippen molar-refractivity contribution in [3.63, 3.8) is 0 Å². The summed E-state index contributed by atoms with van der Waals surface area (Å²) in [6.07, 6.45) is 4.41.